The van der Waals surface area contributed by atoms with Gasteiger partial charge >= 0.3 is 0 Å². The summed E-state index contributed by atoms with van der Waals surface area (Å²) in [6, 6.07) is 7.93. The molecule has 1 fully saturated rings. The van der Waals surface area contributed by atoms with Crippen LogP contribution in [0.25, 0.3) is 11.3 Å². The van der Waals surface area contributed by atoms with E-state index < -0.39 is 0 Å². The minimum absolute atomic E-state index is 0.00744. The summed E-state index contributed by atoms with van der Waals surface area (Å²) < 4.78 is 6.09. The van der Waals surface area contributed by atoms with Crippen molar-refractivity contribution in [3.05, 3.63) is 30.3 Å². The predicted octanol–water partition coefficient (Wildman–Crippen LogP) is 3.05. The molecule has 1 saturated heterocycles. The van der Waals surface area contributed by atoms with Crippen LogP contribution in [0.4, 0.5) is 0 Å². The van der Waals surface area contributed by atoms with Crippen molar-refractivity contribution >= 4 is 0 Å². The molecule has 6 nitrogen and oxygen atoms in total. The highest BCUT2D eigenvalue weighted by atomic mass is 16.5. The van der Waals surface area contributed by atoms with Crippen molar-refractivity contribution in [1.82, 2.24) is 15.1 Å². The summed E-state index contributed by atoms with van der Waals surface area (Å²) in [5.41, 5.74) is 1.11. The summed E-state index contributed by atoms with van der Waals surface area (Å²) in [6.07, 6.45) is 1.04. The fraction of sp³-hybridized carbons (Fsp3) is 0.474. The summed E-state index contributed by atoms with van der Waals surface area (Å²) in [5, 5.41) is 27.6. The van der Waals surface area contributed by atoms with Crippen molar-refractivity contribution in [1.29, 1.82) is 0 Å². The first-order valence-corrected chi connectivity index (χ1v) is 8.53. The maximum absolute atomic E-state index is 9.93. The zero-order valence-electron chi connectivity index (χ0n) is 15.1. The van der Waals surface area contributed by atoms with E-state index in [1.165, 1.54) is 12.1 Å². The second-order valence-corrected chi connectivity index (χ2v) is 7.27. The molecular weight excluding hydrogens is 318 g/mol. The van der Waals surface area contributed by atoms with Crippen molar-refractivity contribution in [3.8, 4) is 28.6 Å². The van der Waals surface area contributed by atoms with Gasteiger partial charge < -0.3 is 19.8 Å². The van der Waals surface area contributed by atoms with Crippen molar-refractivity contribution in [3.63, 3.8) is 0 Å². The van der Waals surface area contributed by atoms with E-state index >= 15 is 0 Å². The van der Waals surface area contributed by atoms with Gasteiger partial charge in [-0.2, -0.15) is 0 Å². The Morgan fingerprint density at radius 3 is 2.56 bits per heavy atom. The van der Waals surface area contributed by atoms with Gasteiger partial charge in [-0.1, -0.05) is 6.92 Å². The summed E-state index contributed by atoms with van der Waals surface area (Å²) in [7, 11) is 2.14. The van der Waals surface area contributed by atoms with Gasteiger partial charge in [0.1, 0.15) is 17.6 Å². The van der Waals surface area contributed by atoms with Crippen LogP contribution in [0.3, 0.4) is 0 Å². The van der Waals surface area contributed by atoms with Gasteiger partial charge in [0.25, 0.3) is 0 Å². The number of hydrogen-bond acceptors (Lipinski definition) is 6. The standard InChI is InChI=1S/C19H25N3O3/c1-12-17(9-10-22(4)19(12,2)3)25-18-8-7-15(20-21-18)14-6-5-13(23)11-16(14)24/h5-8,11-12,17,23-24H,9-10H2,1-4H3. The first-order chi connectivity index (χ1) is 11.8. The summed E-state index contributed by atoms with van der Waals surface area (Å²) in [4.78, 5) is 2.36. The monoisotopic (exact) mass is 343 g/mol. The molecule has 134 valence electrons. The average molecular weight is 343 g/mol. The number of aromatic hydroxyl groups is 2. The molecule has 1 aliphatic heterocycles. The summed E-state index contributed by atoms with van der Waals surface area (Å²) >= 11 is 0. The predicted molar refractivity (Wildman–Crippen MR) is 95.7 cm³/mol. The van der Waals surface area contributed by atoms with Gasteiger partial charge in [0.2, 0.25) is 5.88 Å². The number of likely N-dealkylation sites (tertiary alicyclic amines) is 1. The first-order valence-electron chi connectivity index (χ1n) is 8.53. The minimum Gasteiger partial charge on any atom is -0.508 e. The van der Waals surface area contributed by atoms with Crippen LogP contribution in [0.2, 0.25) is 0 Å². The number of ether oxygens (including phenoxy) is 1. The van der Waals surface area contributed by atoms with E-state index in [-0.39, 0.29) is 23.1 Å². The number of piperidine rings is 1. The normalized spacial score (nSPS) is 23.4. The van der Waals surface area contributed by atoms with Crippen molar-refractivity contribution in [2.45, 2.75) is 38.8 Å². The van der Waals surface area contributed by atoms with Crippen molar-refractivity contribution in [2.24, 2.45) is 5.92 Å². The third-order valence-electron chi connectivity index (χ3n) is 5.57. The lowest BCUT2D eigenvalue weighted by molar-refractivity contribution is -0.0301. The molecular formula is C19H25N3O3. The molecule has 2 unspecified atom stereocenters. The Morgan fingerprint density at radius 2 is 1.92 bits per heavy atom. The molecule has 2 aromatic rings. The fourth-order valence-corrected chi connectivity index (χ4v) is 3.24. The van der Waals surface area contributed by atoms with Gasteiger partial charge in [-0.15, -0.1) is 10.2 Å². The van der Waals surface area contributed by atoms with E-state index in [0.717, 1.165) is 13.0 Å². The van der Waals surface area contributed by atoms with Gasteiger partial charge in [0, 0.05) is 35.7 Å². The second-order valence-electron chi connectivity index (χ2n) is 7.27. The fourth-order valence-electron chi connectivity index (χ4n) is 3.24. The maximum atomic E-state index is 9.93. The van der Waals surface area contributed by atoms with Crippen LogP contribution in [0, 0.1) is 5.92 Å². The third-order valence-corrected chi connectivity index (χ3v) is 5.57. The number of phenolic OH excluding ortho intramolecular Hbond substituents is 2. The first kappa shape index (κ1) is 17.5. The highest BCUT2D eigenvalue weighted by Gasteiger charge is 2.40. The molecule has 1 aromatic carbocycles. The lowest BCUT2D eigenvalue weighted by Gasteiger charge is -2.48. The summed E-state index contributed by atoms with van der Waals surface area (Å²) in [6.45, 7) is 7.65. The maximum Gasteiger partial charge on any atom is 0.233 e. The quantitative estimate of drug-likeness (QED) is 0.892. The van der Waals surface area contributed by atoms with Crippen molar-refractivity contribution in [2.75, 3.05) is 13.6 Å². The Labute approximate surface area is 148 Å². The molecule has 1 aliphatic rings. The molecule has 0 radical (unpaired) electrons. The average Bonchev–Trinajstić information content (AvgIpc) is 2.57. The van der Waals surface area contributed by atoms with E-state index in [9.17, 15) is 10.2 Å². The molecule has 25 heavy (non-hydrogen) atoms. The SMILES string of the molecule is CC1C(Oc2ccc(-c3ccc(O)cc3O)nn2)CCN(C)C1(C)C. The zero-order chi connectivity index (χ0) is 18.2. The molecule has 0 spiro atoms. The lowest BCUT2D eigenvalue weighted by atomic mass is 9.79. The van der Waals surface area contributed by atoms with Gasteiger partial charge in [-0.05, 0) is 45.5 Å². The topological polar surface area (TPSA) is 78.7 Å². The van der Waals surface area contributed by atoms with E-state index in [1.807, 2.05) is 0 Å². The largest absolute Gasteiger partial charge is 0.508 e. The Balaban J connectivity index is 1.75. The molecule has 0 amide bonds. The Morgan fingerprint density at radius 1 is 1.16 bits per heavy atom. The molecule has 2 atom stereocenters. The highest BCUT2D eigenvalue weighted by molar-refractivity contribution is 5.67. The molecule has 0 aliphatic carbocycles. The number of nitrogens with zero attached hydrogens (tertiary/aromatic N) is 3. The molecule has 0 bridgehead atoms. The Kier molecular flexibility index (Phi) is 4.56. The molecule has 3 rings (SSSR count). The van der Waals surface area contributed by atoms with Gasteiger partial charge in [-0.3, -0.25) is 0 Å². The molecule has 2 heterocycles. The van der Waals surface area contributed by atoms with Crippen LogP contribution < -0.4 is 4.74 Å². The number of phenols is 2. The van der Waals surface area contributed by atoms with E-state index in [1.54, 1.807) is 18.2 Å². The smallest absolute Gasteiger partial charge is 0.233 e. The Hall–Kier alpha value is -2.34. The van der Waals surface area contributed by atoms with Gasteiger partial charge in [-0.25, -0.2) is 0 Å². The van der Waals surface area contributed by atoms with E-state index in [0.29, 0.717) is 23.1 Å². The number of rotatable bonds is 3. The Bertz CT molecular complexity index is 746. The third kappa shape index (κ3) is 3.39. The summed E-state index contributed by atoms with van der Waals surface area (Å²) in [5.74, 6) is 0.815. The van der Waals surface area contributed by atoms with Crippen LogP contribution >= 0.6 is 0 Å². The van der Waals surface area contributed by atoms with Crippen LogP contribution in [-0.2, 0) is 0 Å². The van der Waals surface area contributed by atoms with Crippen LogP contribution in [0.1, 0.15) is 27.2 Å². The highest BCUT2D eigenvalue weighted by Crippen LogP contribution is 2.34. The number of benzene rings is 1. The van der Waals surface area contributed by atoms with Crippen LogP contribution in [-0.4, -0.2) is 50.5 Å². The second kappa shape index (κ2) is 6.52. The van der Waals surface area contributed by atoms with E-state index in [4.69, 9.17) is 4.74 Å². The van der Waals surface area contributed by atoms with Crippen molar-refractivity contribution < 1.29 is 14.9 Å². The minimum atomic E-state index is -0.0337. The molecule has 6 heteroatoms. The molecule has 0 saturated carbocycles. The lowest BCUT2D eigenvalue weighted by Crippen LogP contribution is -2.56. The number of hydrogen-bond donors (Lipinski definition) is 2. The van der Waals surface area contributed by atoms with Crippen LogP contribution in [0.15, 0.2) is 30.3 Å². The van der Waals surface area contributed by atoms with E-state index in [2.05, 4.69) is 42.9 Å². The van der Waals surface area contributed by atoms with Crippen LogP contribution in [0.5, 0.6) is 17.4 Å². The number of aromatic nitrogens is 2. The van der Waals surface area contributed by atoms with Gasteiger partial charge in [0.05, 0.1) is 5.69 Å². The van der Waals surface area contributed by atoms with Gasteiger partial charge in [0.15, 0.2) is 0 Å². The molecule has 2 N–H and O–H groups in total. The zero-order valence-corrected chi connectivity index (χ0v) is 15.1. The molecule has 1 aromatic heterocycles.